The van der Waals surface area contributed by atoms with Crippen molar-refractivity contribution in [2.75, 3.05) is 18.4 Å². The molecule has 1 aromatic carbocycles. The lowest BCUT2D eigenvalue weighted by Crippen LogP contribution is -2.42. The lowest BCUT2D eigenvalue weighted by Gasteiger charge is -2.28. The van der Waals surface area contributed by atoms with Gasteiger partial charge in [-0.2, -0.15) is 0 Å². The number of nitrogens with one attached hydrogen (secondary N) is 3. The number of amides is 1. The van der Waals surface area contributed by atoms with Crippen molar-refractivity contribution < 1.29 is 13.2 Å². The number of carbonyl (C=O) groups excluding carboxylic acids is 1. The molecule has 1 saturated heterocycles. The Morgan fingerprint density at radius 1 is 1.33 bits per heavy atom. The highest BCUT2D eigenvalue weighted by Gasteiger charge is 2.25. The Kier molecular flexibility index (Phi) is 6.25. The quantitative estimate of drug-likeness (QED) is 0.681. The molecule has 0 spiro atoms. The van der Waals surface area contributed by atoms with E-state index in [0.29, 0.717) is 22.0 Å². The van der Waals surface area contributed by atoms with Crippen molar-refractivity contribution in [1.29, 1.82) is 0 Å². The Balaban J connectivity index is 1.70. The first-order valence-corrected chi connectivity index (χ1v) is 11.3. The molecule has 146 valence electrons. The topological polar surface area (TPSA) is 100 Å². The molecule has 27 heavy (non-hydrogen) atoms. The van der Waals surface area contributed by atoms with E-state index in [4.69, 9.17) is 0 Å². The number of anilines is 1. The van der Waals surface area contributed by atoms with Gasteiger partial charge in [-0.05, 0) is 69.5 Å². The van der Waals surface area contributed by atoms with Crippen LogP contribution in [0, 0.1) is 12.8 Å². The monoisotopic (exact) mass is 408 g/mol. The number of rotatable bonds is 6. The zero-order valence-electron chi connectivity index (χ0n) is 15.4. The molecule has 1 aromatic heterocycles. The average molecular weight is 409 g/mol. The van der Waals surface area contributed by atoms with Gasteiger partial charge >= 0.3 is 0 Å². The van der Waals surface area contributed by atoms with E-state index in [1.807, 2.05) is 6.92 Å². The highest BCUT2D eigenvalue weighted by Crippen LogP contribution is 2.23. The number of thiazole rings is 1. The average Bonchev–Trinajstić information content (AvgIpc) is 3.18. The maximum atomic E-state index is 12.7. The Bertz CT molecular complexity index is 891. The Hall–Kier alpha value is -1.81. The van der Waals surface area contributed by atoms with Crippen LogP contribution in [0.15, 0.2) is 34.8 Å². The maximum Gasteiger partial charge on any atom is 0.267 e. The zero-order chi connectivity index (χ0) is 19.4. The number of aromatic nitrogens is 1. The number of piperidine rings is 1. The van der Waals surface area contributed by atoms with Gasteiger partial charge < -0.3 is 10.6 Å². The lowest BCUT2D eigenvalue weighted by molar-refractivity contribution is 0.103. The van der Waals surface area contributed by atoms with Crippen molar-refractivity contribution in [3.8, 4) is 0 Å². The molecule has 9 heteroatoms. The molecule has 1 aliphatic heterocycles. The number of carbonyl (C=O) groups is 1. The summed E-state index contributed by atoms with van der Waals surface area (Å²) in [5, 5.41) is 6.08. The van der Waals surface area contributed by atoms with Gasteiger partial charge in [0.25, 0.3) is 5.91 Å². The van der Waals surface area contributed by atoms with Gasteiger partial charge in [0, 0.05) is 11.7 Å². The van der Waals surface area contributed by atoms with Crippen molar-refractivity contribution in [2.45, 2.75) is 37.6 Å². The van der Waals surface area contributed by atoms with Gasteiger partial charge in [0.15, 0.2) is 0 Å². The molecule has 0 bridgehead atoms. The van der Waals surface area contributed by atoms with Crippen molar-refractivity contribution in [1.82, 2.24) is 15.0 Å². The van der Waals surface area contributed by atoms with Crippen LogP contribution in [-0.4, -0.2) is 38.4 Å². The standard InChI is InChI=1S/C18H24N4O3S2/c1-12-9-15(3-4-16(12)21-18(23)17-10-20-11-26-17)27(24,25)22-13(2)14-5-7-19-8-6-14/h3-4,9-11,13-14,19,22H,5-8H2,1-2H3,(H,21,23)/t13-/m1/s1. The molecule has 1 fully saturated rings. The molecule has 2 heterocycles. The minimum absolute atomic E-state index is 0.122. The van der Waals surface area contributed by atoms with Gasteiger partial charge in [0.05, 0.1) is 16.6 Å². The fraction of sp³-hybridized carbons (Fsp3) is 0.444. The number of sulfonamides is 1. The van der Waals surface area contributed by atoms with E-state index >= 15 is 0 Å². The predicted octanol–water partition coefficient (Wildman–Crippen LogP) is 2.37. The number of hydrogen-bond donors (Lipinski definition) is 3. The summed E-state index contributed by atoms with van der Waals surface area (Å²) < 4.78 is 28.3. The second kappa shape index (κ2) is 8.47. The SMILES string of the molecule is Cc1cc(S(=O)(=O)N[C@H](C)C2CCNCC2)ccc1NC(=O)c1cncs1. The summed E-state index contributed by atoms with van der Waals surface area (Å²) in [5.41, 5.74) is 2.86. The van der Waals surface area contributed by atoms with Crippen molar-refractivity contribution in [2.24, 2.45) is 5.92 Å². The third-order valence-corrected chi connectivity index (χ3v) is 7.17. The third kappa shape index (κ3) is 4.92. The van der Waals surface area contributed by atoms with Gasteiger partial charge in [-0.1, -0.05) is 0 Å². The highest BCUT2D eigenvalue weighted by molar-refractivity contribution is 7.89. The van der Waals surface area contributed by atoms with E-state index in [1.165, 1.54) is 23.6 Å². The van der Waals surface area contributed by atoms with E-state index in [9.17, 15) is 13.2 Å². The van der Waals surface area contributed by atoms with E-state index in [1.54, 1.807) is 24.6 Å². The fourth-order valence-electron chi connectivity index (χ4n) is 3.21. The number of hydrogen-bond acceptors (Lipinski definition) is 6. The smallest absolute Gasteiger partial charge is 0.267 e. The first-order chi connectivity index (χ1) is 12.9. The predicted molar refractivity (Wildman–Crippen MR) is 107 cm³/mol. The molecular formula is C18H24N4O3S2. The number of benzene rings is 1. The van der Waals surface area contributed by atoms with Gasteiger partial charge in [0.1, 0.15) is 4.88 Å². The molecule has 7 nitrogen and oxygen atoms in total. The molecule has 1 atom stereocenters. The zero-order valence-corrected chi connectivity index (χ0v) is 17.0. The third-order valence-electron chi connectivity index (χ3n) is 4.84. The van der Waals surface area contributed by atoms with Crippen molar-refractivity contribution >= 4 is 33.0 Å². The second-order valence-electron chi connectivity index (χ2n) is 6.79. The Labute approximate surface area is 163 Å². The van der Waals surface area contributed by atoms with Gasteiger partial charge in [-0.15, -0.1) is 11.3 Å². The largest absolute Gasteiger partial charge is 0.321 e. The van der Waals surface area contributed by atoms with Crippen LogP contribution in [0.5, 0.6) is 0 Å². The van der Waals surface area contributed by atoms with E-state index in [-0.39, 0.29) is 16.8 Å². The molecular weight excluding hydrogens is 384 g/mol. The van der Waals surface area contributed by atoms with Crippen LogP contribution in [0.1, 0.15) is 35.0 Å². The van der Waals surface area contributed by atoms with Crippen molar-refractivity contribution in [3.05, 3.63) is 40.3 Å². The number of aryl methyl sites for hydroxylation is 1. The molecule has 3 rings (SSSR count). The van der Waals surface area contributed by atoms with Crippen LogP contribution in [0.2, 0.25) is 0 Å². The van der Waals surface area contributed by atoms with Crippen LogP contribution in [0.3, 0.4) is 0 Å². The second-order valence-corrected chi connectivity index (χ2v) is 9.39. The summed E-state index contributed by atoms with van der Waals surface area (Å²) in [7, 11) is -3.61. The Morgan fingerprint density at radius 2 is 2.07 bits per heavy atom. The van der Waals surface area contributed by atoms with E-state index in [2.05, 4.69) is 20.3 Å². The summed E-state index contributed by atoms with van der Waals surface area (Å²) in [5.74, 6) is 0.0777. The highest BCUT2D eigenvalue weighted by atomic mass is 32.2. The molecule has 0 unspecified atom stereocenters. The first kappa shape index (κ1) is 19.9. The minimum Gasteiger partial charge on any atom is -0.321 e. The summed E-state index contributed by atoms with van der Waals surface area (Å²) in [6, 6.07) is 4.60. The molecule has 2 aromatic rings. The van der Waals surface area contributed by atoms with Gasteiger partial charge in [0.2, 0.25) is 10.0 Å². The van der Waals surface area contributed by atoms with Crippen LogP contribution in [0.4, 0.5) is 5.69 Å². The maximum absolute atomic E-state index is 12.7. The van der Waals surface area contributed by atoms with Gasteiger partial charge in [-0.3, -0.25) is 9.78 Å². The van der Waals surface area contributed by atoms with E-state index in [0.717, 1.165) is 25.9 Å². The number of nitrogens with zero attached hydrogens (tertiary/aromatic N) is 1. The summed E-state index contributed by atoms with van der Waals surface area (Å²) >= 11 is 1.25. The van der Waals surface area contributed by atoms with Gasteiger partial charge in [-0.25, -0.2) is 13.1 Å². The molecule has 0 saturated carbocycles. The van der Waals surface area contributed by atoms with Crippen LogP contribution in [0.25, 0.3) is 0 Å². The normalized spacial score (nSPS) is 16.8. The summed E-state index contributed by atoms with van der Waals surface area (Å²) in [6.45, 7) is 5.54. The molecule has 0 radical (unpaired) electrons. The first-order valence-electron chi connectivity index (χ1n) is 8.90. The van der Waals surface area contributed by atoms with Crippen LogP contribution >= 0.6 is 11.3 Å². The van der Waals surface area contributed by atoms with Crippen LogP contribution < -0.4 is 15.4 Å². The molecule has 3 N–H and O–H groups in total. The fourth-order valence-corrected chi connectivity index (χ4v) is 5.12. The van der Waals surface area contributed by atoms with Crippen LogP contribution in [-0.2, 0) is 10.0 Å². The minimum atomic E-state index is -3.61. The molecule has 0 aliphatic carbocycles. The summed E-state index contributed by atoms with van der Waals surface area (Å²) in [6.07, 6.45) is 3.43. The Morgan fingerprint density at radius 3 is 2.70 bits per heavy atom. The van der Waals surface area contributed by atoms with E-state index < -0.39 is 10.0 Å². The van der Waals surface area contributed by atoms with Crippen molar-refractivity contribution in [3.63, 3.8) is 0 Å². The lowest BCUT2D eigenvalue weighted by atomic mass is 9.92. The molecule has 1 amide bonds. The summed E-state index contributed by atoms with van der Waals surface area (Å²) in [4.78, 5) is 16.7. The molecule has 1 aliphatic rings.